The topological polar surface area (TPSA) is 89.7 Å². The van der Waals surface area contributed by atoms with Crippen LogP contribution >= 0.6 is 12.4 Å². The monoisotopic (exact) mass is 350 g/mol. The quantitative estimate of drug-likeness (QED) is 0.795. The highest BCUT2D eigenvalue weighted by atomic mass is 35.5. The molecule has 0 fully saturated rings. The summed E-state index contributed by atoms with van der Waals surface area (Å²) in [7, 11) is -1.50. The number of ether oxygens (including phenoxy) is 1. The normalized spacial score (nSPS) is 12.2. The Balaban J connectivity index is 0.00000441. The van der Waals surface area contributed by atoms with Gasteiger partial charge in [0.25, 0.3) is 0 Å². The average Bonchev–Trinajstić information content (AvgIpc) is 2.45. The molecule has 1 aromatic rings. The zero-order chi connectivity index (χ0) is 16.0. The first-order chi connectivity index (χ1) is 9.75. The molecular formula is C14H23ClN2O4S. The van der Waals surface area contributed by atoms with E-state index in [1.165, 1.54) is 12.1 Å². The van der Waals surface area contributed by atoms with Crippen LogP contribution < -0.4 is 10.5 Å². The van der Waals surface area contributed by atoms with Crippen LogP contribution in [-0.4, -0.2) is 51.7 Å². The molecule has 0 saturated heterocycles. The highest BCUT2D eigenvalue weighted by molar-refractivity contribution is 7.90. The van der Waals surface area contributed by atoms with Gasteiger partial charge in [0.15, 0.2) is 9.84 Å². The fraction of sp³-hybridized carbons (Fsp3) is 0.500. The lowest BCUT2D eigenvalue weighted by molar-refractivity contribution is -0.132. The number of hydrogen-bond acceptors (Lipinski definition) is 5. The van der Waals surface area contributed by atoms with Gasteiger partial charge in [-0.3, -0.25) is 4.79 Å². The Bertz CT molecular complexity index is 575. The van der Waals surface area contributed by atoms with Crippen molar-refractivity contribution < 1.29 is 17.9 Å². The molecule has 1 aromatic carbocycles. The van der Waals surface area contributed by atoms with Crippen molar-refractivity contribution in [3.63, 3.8) is 0 Å². The number of likely N-dealkylation sites (N-methyl/N-ethyl adjacent to an activating group) is 1. The van der Waals surface area contributed by atoms with E-state index in [2.05, 4.69) is 0 Å². The van der Waals surface area contributed by atoms with E-state index in [-0.39, 0.29) is 42.3 Å². The highest BCUT2D eigenvalue weighted by Gasteiger charge is 2.14. The maximum absolute atomic E-state index is 11.8. The van der Waals surface area contributed by atoms with Crippen molar-refractivity contribution in [2.24, 2.45) is 5.73 Å². The molecule has 8 heteroatoms. The second-order valence-corrected chi connectivity index (χ2v) is 6.95. The predicted molar refractivity (Wildman–Crippen MR) is 88.2 cm³/mol. The Morgan fingerprint density at radius 1 is 1.32 bits per heavy atom. The summed E-state index contributed by atoms with van der Waals surface area (Å²) in [6, 6.07) is 6.11. The van der Waals surface area contributed by atoms with Gasteiger partial charge in [0.05, 0.1) is 17.9 Å². The minimum absolute atomic E-state index is 0. The Morgan fingerprint density at radius 3 is 2.32 bits per heavy atom. The van der Waals surface area contributed by atoms with Gasteiger partial charge in [0.1, 0.15) is 5.75 Å². The van der Waals surface area contributed by atoms with Gasteiger partial charge in [0.2, 0.25) is 5.91 Å². The SMILES string of the molecule is CC(CN)N(C)C(=O)CCOc1ccc(S(C)(=O)=O)cc1.Cl. The molecule has 0 radical (unpaired) electrons. The van der Waals surface area contributed by atoms with Crippen LogP contribution in [0.3, 0.4) is 0 Å². The number of carbonyl (C=O) groups is 1. The van der Waals surface area contributed by atoms with Crippen LogP contribution in [0.5, 0.6) is 5.75 Å². The Hall–Kier alpha value is -1.31. The molecule has 0 aliphatic carbocycles. The summed E-state index contributed by atoms with van der Waals surface area (Å²) in [5.74, 6) is 0.491. The number of halogens is 1. The van der Waals surface area contributed by atoms with Gasteiger partial charge in [-0.25, -0.2) is 8.42 Å². The number of nitrogens with two attached hydrogens (primary N) is 1. The van der Waals surface area contributed by atoms with E-state index in [0.29, 0.717) is 12.3 Å². The summed E-state index contributed by atoms with van der Waals surface area (Å²) in [6.45, 7) is 2.53. The number of carbonyl (C=O) groups excluding carboxylic acids is 1. The van der Waals surface area contributed by atoms with E-state index >= 15 is 0 Å². The maximum atomic E-state index is 11.8. The first kappa shape index (κ1) is 20.7. The summed E-state index contributed by atoms with van der Waals surface area (Å²) in [5, 5.41) is 0. The smallest absolute Gasteiger partial charge is 0.226 e. The Kier molecular flexibility index (Phi) is 8.44. The number of hydrogen-bond donors (Lipinski definition) is 1. The molecule has 0 aromatic heterocycles. The largest absolute Gasteiger partial charge is 0.493 e. The first-order valence-electron chi connectivity index (χ1n) is 6.64. The Morgan fingerprint density at radius 2 is 1.86 bits per heavy atom. The number of amides is 1. The van der Waals surface area contributed by atoms with Crippen molar-refractivity contribution in [2.45, 2.75) is 24.3 Å². The van der Waals surface area contributed by atoms with Crippen molar-refractivity contribution >= 4 is 28.2 Å². The van der Waals surface area contributed by atoms with Crippen molar-refractivity contribution in [2.75, 3.05) is 26.5 Å². The maximum Gasteiger partial charge on any atom is 0.226 e. The van der Waals surface area contributed by atoms with Crippen LogP contribution in [0.25, 0.3) is 0 Å². The van der Waals surface area contributed by atoms with E-state index < -0.39 is 9.84 Å². The van der Waals surface area contributed by atoms with Crippen molar-refractivity contribution in [1.82, 2.24) is 4.90 Å². The highest BCUT2D eigenvalue weighted by Crippen LogP contribution is 2.16. The second-order valence-electron chi connectivity index (χ2n) is 4.93. The Labute approximate surface area is 138 Å². The molecule has 1 amide bonds. The number of benzene rings is 1. The molecule has 0 aliphatic heterocycles. The zero-order valence-corrected chi connectivity index (χ0v) is 14.6. The van der Waals surface area contributed by atoms with Crippen LogP contribution in [-0.2, 0) is 14.6 Å². The van der Waals surface area contributed by atoms with Crippen LogP contribution in [0, 0.1) is 0 Å². The number of nitrogens with zero attached hydrogens (tertiary/aromatic N) is 1. The molecule has 126 valence electrons. The summed E-state index contributed by atoms with van der Waals surface area (Å²) < 4.78 is 28.1. The van der Waals surface area contributed by atoms with Gasteiger partial charge in [-0.15, -0.1) is 12.4 Å². The van der Waals surface area contributed by atoms with Gasteiger partial charge < -0.3 is 15.4 Å². The molecule has 0 aliphatic rings. The van der Waals surface area contributed by atoms with Crippen molar-refractivity contribution in [1.29, 1.82) is 0 Å². The third kappa shape index (κ3) is 6.21. The van der Waals surface area contributed by atoms with Gasteiger partial charge in [-0.2, -0.15) is 0 Å². The van der Waals surface area contributed by atoms with Crippen LogP contribution in [0.4, 0.5) is 0 Å². The van der Waals surface area contributed by atoms with E-state index in [0.717, 1.165) is 6.26 Å². The molecule has 1 rings (SSSR count). The number of sulfone groups is 1. The summed E-state index contributed by atoms with van der Waals surface area (Å²) in [5.41, 5.74) is 5.51. The van der Waals surface area contributed by atoms with E-state index in [1.54, 1.807) is 24.1 Å². The van der Waals surface area contributed by atoms with Gasteiger partial charge >= 0.3 is 0 Å². The summed E-state index contributed by atoms with van der Waals surface area (Å²) in [4.78, 5) is 13.7. The van der Waals surface area contributed by atoms with Crippen molar-refractivity contribution in [3.05, 3.63) is 24.3 Å². The fourth-order valence-electron chi connectivity index (χ4n) is 1.62. The van der Waals surface area contributed by atoms with E-state index in [9.17, 15) is 13.2 Å². The summed E-state index contributed by atoms with van der Waals surface area (Å²) >= 11 is 0. The fourth-order valence-corrected chi connectivity index (χ4v) is 2.25. The molecule has 6 nitrogen and oxygen atoms in total. The minimum atomic E-state index is -3.21. The lowest BCUT2D eigenvalue weighted by atomic mass is 10.2. The standard InChI is InChI=1S/C14H22N2O4S.ClH/c1-11(10-15)16(2)14(17)8-9-20-12-4-6-13(7-5-12)21(3,18)19;/h4-7,11H,8-10,15H2,1-3H3;1H. The molecular weight excluding hydrogens is 328 g/mol. The van der Waals surface area contributed by atoms with Crippen LogP contribution in [0.2, 0.25) is 0 Å². The van der Waals surface area contributed by atoms with Gasteiger partial charge in [0, 0.05) is 25.9 Å². The van der Waals surface area contributed by atoms with E-state index in [1.807, 2.05) is 6.92 Å². The summed E-state index contributed by atoms with van der Waals surface area (Å²) in [6.07, 6.45) is 1.39. The molecule has 1 unspecified atom stereocenters. The number of rotatable bonds is 7. The van der Waals surface area contributed by atoms with Gasteiger partial charge in [-0.05, 0) is 31.2 Å². The van der Waals surface area contributed by atoms with Crippen LogP contribution in [0.1, 0.15) is 13.3 Å². The van der Waals surface area contributed by atoms with Crippen molar-refractivity contribution in [3.8, 4) is 5.75 Å². The third-order valence-electron chi connectivity index (χ3n) is 3.23. The lowest BCUT2D eigenvalue weighted by Gasteiger charge is -2.23. The second kappa shape index (κ2) is 8.97. The minimum Gasteiger partial charge on any atom is -0.493 e. The first-order valence-corrected chi connectivity index (χ1v) is 8.53. The van der Waals surface area contributed by atoms with E-state index in [4.69, 9.17) is 10.5 Å². The molecule has 2 N–H and O–H groups in total. The molecule has 0 bridgehead atoms. The van der Waals surface area contributed by atoms with Gasteiger partial charge in [-0.1, -0.05) is 0 Å². The molecule has 0 heterocycles. The van der Waals surface area contributed by atoms with Crippen LogP contribution in [0.15, 0.2) is 29.2 Å². The predicted octanol–water partition coefficient (Wildman–Crippen LogP) is 1.09. The lowest BCUT2D eigenvalue weighted by Crippen LogP contribution is -2.40. The molecule has 0 saturated carbocycles. The zero-order valence-electron chi connectivity index (χ0n) is 13.0. The molecule has 1 atom stereocenters. The third-order valence-corrected chi connectivity index (χ3v) is 4.36. The average molecular weight is 351 g/mol. The molecule has 0 spiro atoms. The molecule has 22 heavy (non-hydrogen) atoms.